The summed E-state index contributed by atoms with van der Waals surface area (Å²) in [4.78, 5) is 5.67. The highest BCUT2D eigenvalue weighted by Crippen LogP contribution is 2.48. The van der Waals surface area contributed by atoms with Crippen molar-refractivity contribution < 1.29 is 0 Å². The third-order valence-electron chi connectivity index (χ3n) is 11.0. The molecule has 0 radical (unpaired) electrons. The average molecular weight is 760 g/mol. The van der Waals surface area contributed by atoms with E-state index in [9.17, 15) is 0 Å². The van der Waals surface area contributed by atoms with E-state index in [0.717, 1.165) is 25.8 Å². The average Bonchev–Trinajstić information content (AvgIpc) is 3.81. The fourth-order valence-corrected chi connectivity index (χ4v) is 9.89. The van der Waals surface area contributed by atoms with Crippen molar-refractivity contribution in [1.82, 2.24) is 14.0 Å². The number of fused-ring (bicyclic) bond motifs is 14. The molecule has 236 valence electrons. The second kappa shape index (κ2) is 10.1. The van der Waals surface area contributed by atoms with Crippen molar-refractivity contribution in [3.63, 3.8) is 0 Å². The van der Waals surface area contributed by atoms with Gasteiger partial charge in [-0.1, -0.05) is 127 Å². The van der Waals surface area contributed by atoms with E-state index < -0.39 is 0 Å². The Morgan fingerprint density at radius 3 is 1.92 bits per heavy atom. The fourth-order valence-electron chi connectivity index (χ4n) is 8.92. The summed E-state index contributed by atoms with van der Waals surface area (Å²) in [5.41, 5.74) is 9.53. The van der Waals surface area contributed by atoms with Gasteiger partial charge in [0.25, 0.3) is 0 Å². The fraction of sp³-hybridized carbons (Fsp3) is 0. The first-order valence-electron chi connectivity index (χ1n) is 17.3. The molecular weight excluding hydrogens is 733 g/mol. The predicted octanol–water partition coefficient (Wildman–Crippen LogP) is 13.1. The molecule has 0 spiro atoms. The first kappa shape index (κ1) is 27.8. The number of hydrogen-bond acceptors (Lipinski definition) is 1. The van der Waals surface area contributed by atoms with E-state index in [1.807, 2.05) is 0 Å². The van der Waals surface area contributed by atoms with Gasteiger partial charge in [-0.05, 0) is 74.6 Å². The van der Waals surface area contributed by atoms with Crippen LogP contribution in [0.25, 0.3) is 109 Å². The lowest BCUT2D eigenvalue weighted by atomic mass is 9.98. The van der Waals surface area contributed by atoms with Crippen molar-refractivity contribution in [2.45, 2.75) is 0 Å². The molecule has 0 bridgehead atoms. The molecule has 0 saturated carbocycles. The van der Waals surface area contributed by atoms with Crippen LogP contribution in [0.15, 0.2) is 158 Å². The summed E-state index contributed by atoms with van der Waals surface area (Å²) in [6.07, 6.45) is 0. The molecule has 4 aromatic heterocycles. The molecule has 0 amide bonds. The summed E-state index contributed by atoms with van der Waals surface area (Å²) in [6.45, 7) is 0. The summed E-state index contributed by atoms with van der Waals surface area (Å²) >= 11 is 2.56. The minimum Gasteiger partial charge on any atom is -0.308 e. The summed E-state index contributed by atoms with van der Waals surface area (Å²) in [7, 11) is 0. The minimum atomic E-state index is 0.955. The molecular formula is C47H26IN3. The molecule has 0 aliphatic carbocycles. The van der Waals surface area contributed by atoms with Crippen LogP contribution in [0, 0.1) is 3.57 Å². The van der Waals surface area contributed by atoms with Crippen LogP contribution in [-0.2, 0) is 0 Å². The zero-order valence-corrected chi connectivity index (χ0v) is 29.4. The van der Waals surface area contributed by atoms with Gasteiger partial charge < -0.3 is 4.40 Å². The van der Waals surface area contributed by atoms with Crippen molar-refractivity contribution in [3.8, 4) is 16.9 Å². The van der Waals surface area contributed by atoms with Gasteiger partial charge in [0.05, 0.1) is 36.7 Å². The number of nitrogens with zero attached hydrogens (tertiary/aromatic N) is 3. The molecule has 8 aromatic carbocycles. The van der Waals surface area contributed by atoms with Crippen LogP contribution in [0.4, 0.5) is 0 Å². The molecule has 4 heterocycles. The van der Waals surface area contributed by atoms with Crippen LogP contribution in [-0.4, -0.2) is 14.0 Å². The van der Waals surface area contributed by atoms with Crippen molar-refractivity contribution in [1.29, 1.82) is 0 Å². The first-order valence-corrected chi connectivity index (χ1v) is 18.4. The van der Waals surface area contributed by atoms with Gasteiger partial charge >= 0.3 is 0 Å². The maximum Gasteiger partial charge on any atom is 0.152 e. The Morgan fingerprint density at radius 1 is 0.431 bits per heavy atom. The molecule has 0 atom stereocenters. The first-order chi connectivity index (χ1) is 25.2. The Labute approximate surface area is 305 Å². The Balaban J connectivity index is 1.34. The second-order valence-electron chi connectivity index (χ2n) is 13.6. The molecule has 0 fully saturated rings. The molecule has 0 aliphatic heterocycles. The SMILES string of the molecule is Ic1c(-n2c3ccccc3c3c4c5cc6ccccc6cc5n5c6ccccc6c(cc32)c45)nc2c(ccc3ccccc32)c1-c1ccccc1. The van der Waals surface area contributed by atoms with Gasteiger partial charge in [-0.2, -0.15) is 0 Å². The predicted molar refractivity (Wildman–Crippen MR) is 224 cm³/mol. The van der Waals surface area contributed by atoms with Gasteiger partial charge in [-0.15, -0.1) is 0 Å². The zero-order chi connectivity index (χ0) is 33.4. The summed E-state index contributed by atoms with van der Waals surface area (Å²) in [6, 6.07) is 57.7. The van der Waals surface area contributed by atoms with Crippen LogP contribution in [0.1, 0.15) is 0 Å². The number of benzene rings is 8. The van der Waals surface area contributed by atoms with Crippen LogP contribution < -0.4 is 0 Å². The molecule has 12 rings (SSSR count). The van der Waals surface area contributed by atoms with Crippen molar-refractivity contribution in [3.05, 3.63) is 161 Å². The van der Waals surface area contributed by atoms with Gasteiger partial charge in [0.1, 0.15) is 0 Å². The maximum absolute atomic E-state index is 5.67. The lowest BCUT2D eigenvalue weighted by molar-refractivity contribution is 1.09. The molecule has 0 unspecified atom stereocenters. The van der Waals surface area contributed by atoms with E-state index in [4.69, 9.17) is 4.98 Å². The summed E-state index contributed by atoms with van der Waals surface area (Å²) < 4.78 is 6.08. The normalized spacial score (nSPS) is 12.4. The van der Waals surface area contributed by atoms with Gasteiger partial charge in [-0.3, -0.25) is 4.57 Å². The van der Waals surface area contributed by atoms with Crippen molar-refractivity contribution in [2.75, 3.05) is 0 Å². The highest BCUT2D eigenvalue weighted by atomic mass is 127. The second-order valence-corrected chi connectivity index (χ2v) is 14.7. The Kier molecular flexibility index (Phi) is 5.48. The molecule has 0 N–H and O–H groups in total. The molecule has 51 heavy (non-hydrogen) atoms. The third-order valence-corrected chi connectivity index (χ3v) is 12.1. The number of pyridine rings is 1. The topological polar surface area (TPSA) is 22.2 Å². The third kappa shape index (κ3) is 3.60. The van der Waals surface area contributed by atoms with Crippen molar-refractivity contribution >= 4 is 115 Å². The number of aromatic nitrogens is 3. The number of hydrogen-bond donors (Lipinski definition) is 0. The Hall–Kier alpha value is -5.98. The van der Waals surface area contributed by atoms with Crippen molar-refractivity contribution in [2.24, 2.45) is 0 Å². The van der Waals surface area contributed by atoms with Crippen LogP contribution in [0.5, 0.6) is 0 Å². The molecule has 3 nitrogen and oxygen atoms in total. The molecule has 12 aromatic rings. The van der Waals surface area contributed by atoms with Crippen LogP contribution >= 0.6 is 22.6 Å². The van der Waals surface area contributed by atoms with E-state index in [1.54, 1.807) is 0 Å². The number of halogens is 1. The van der Waals surface area contributed by atoms with Gasteiger partial charge in [0.2, 0.25) is 0 Å². The van der Waals surface area contributed by atoms with E-state index in [1.165, 1.54) is 87.1 Å². The lowest BCUT2D eigenvalue weighted by Crippen LogP contribution is -2.04. The van der Waals surface area contributed by atoms with E-state index in [-0.39, 0.29) is 0 Å². The Morgan fingerprint density at radius 2 is 1.10 bits per heavy atom. The lowest BCUT2D eigenvalue weighted by Gasteiger charge is -2.17. The minimum absolute atomic E-state index is 0.955. The number of para-hydroxylation sites is 2. The summed E-state index contributed by atoms with van der Waals surface area (Å²) in [5.74, 6) is 0.955. The molecule has 4 heteroatoms. The van der Waals surface area contributed by atoms with E-state index in [0.29, 0.717) is 0 Å². The largest absolute Gasteiger partial charge is 0.308 e. The van der Waals surface area contributed by atoms with Gasteiger partial charge in [0, 0.05) is 48.7 Å². The summed E-state index contributed by atoms with van der Waals surface area (Å²) in [5, 5.41) is 13.7. The maximum atomic E-state index is 5.67. The van der Waals surface area contributed by atoms with Gasteiger partial charge in [0.15, 0.2) is 5.82 Å². The van der Waals surface area contributed by atoms with Crippen LogP contribution in [0.2, 0.25) is 0 Å². The molecule has 0 saturated heterocycles. The zero-order valence-electron chi connectivity index (χ0n) is 27.2. The smallest absolute Gasteiger partial charge is 0.152 e. The molecule has 0 aliphatic rings. The highest BCUT2D eigenvalue weighted by Gasteiger charge is 2.26. The quantitative estimate of drug-likeness (QED) is 0.127. The Bertz CT molecular complexity index is 3430. The number of rotatable bonds is 2. The van der Waals surface area contributed by atoms with Gasteiger partial charge in [-0.25, -0.2) is 4.98 Å². The monoisotopic (exact) mass is 759 g/mol. The highest BCUT2D eigenvalue weighted by molar-refractivity contribution is 14.1. The van der Waals surface area contributed by atoms with Crippen LogP contribution in [0.3, 0.4) is 0 Å². The van der Waals surface area contributed by atoms with E-state index >= 15 is 0 Å². The van der Waals surface area contributed by atoms with E-state index in [2.05, 4.69) is 189 Å². The standard InChI is InChI=1S/C47H26IN3/c48-44-41(28-13-2-1-3-14-28)34-23-22-27-12-6-7-17-31(27)45(34)49-47(44)51-38-21-11-9-19-33(38)42-40(51)26-35-32-18-8-10-20-37(32)50-39-25-30-16-5-4-15-29(30)24-36(39)43(42)46(35)50/h1-26H.